The molecule has 1 aromatic heterocycles. The summed E-state index contributed by atoms with van der Waals surface area (Å²) in [6, 6.07) is 49.8. The maximum Gasteiger partial charge on any atom is 0.344 e. The number of rotatable bonds is 11. The topological polar surface area (TPSA) is 73.8 Å². The molecular weight excluding hydrogens is 737 g/mol. The molecule has 2 aliphatic carbocycles. The van der Waals surface area contributed by atoms with Gasteiger partial charge in [0.25, 0.3) is 0 Å². The molecule has 58 heavy (non-hydrogen) atoms. The normalized spacial score (nSPS) is 20.0. The summed E-state index contributed by atoms with van der Waals surface area (Å²) in [4.78, 5) is 15.4. The number of hydrogen-bond acceptors (Lipinski definition) is 7. The van der Waals surface area contributed by atoms with Crippen LogP contribution in [-0.2, 0) is 52.7 Å². The second-order valence-corrected chi connectivity index (χ2v) is 17.4. The molecule has 1 spiro atoms. The van der Waals surface area contributed by atoms with Crippen LogP contribution in [-0.4, -0.2) is 65.1 Å². The standard InChI is InChI=1S/C50H52N4O3S/c1-56-36-42-34-53(50(39-19-9-4-10-20-39,40-21-11-5-12-22-40)41-23-13-6-14-24-41)30-31-54(42)47-44-27-29-49(33-46(44)51-48(52-47)58(2)55)28-15-18-38-25-26-43(32-45(38)49)57-35-37-16-7-3-8-17-37/h3-14,16-17,19-26,32,42H,15,18,27-31,33-36H2,1-2H3/t42-,49?,58?/m1/s1. The monoisotopic (exact) mass is 788 g/mol. The Morgan fingerprint density at radius 2 is 1.41 bits per heavy atom. The largest absolute Gasteiger partial charge is 0.609 e. The number of ether oxygens (including phenoxy) is 2. The van der Waals surface area contributed by atoms with E-state index >= 15 is 0 Å². The van der Waals surface area contributed by atoms with Gasteiger partial charge in [-0.3, -0.25) is 4.90 Å². The third-order valence-corrected chi connectivity index (χ3v) is 13.5. The highest BCUT2D eigenvalue weighted by Gasteiger charge is 2.47. The molecule has 0 radical (unpaired) electrons. The van der Waals surface area contributed by atoms with Crippen molar-refractivity contribution in [3.8, 4) is 5.75 Å². The molecule has 9 rings (SSSR count). The lowest BCUT2D eigenvalue weighted by molar-refractivity contribution is 0.0879. The second kappa shape index (κ2) is 16.7. The summed E-state index contributed by atoms with van der Waals surface area (Å²) in [6.45, 7) is 3.32. The minimum atomic E-state index is -1.35. The zero-order chi connectivity index (χ0) is 39.5. The number of aromatic nitrogens is 2. The molecule has 2 heterocycles. The predicted octanol–water partition coefficient (Wildman–Crippen LogP) is 8.69. The number of fused-ring (bicyclic) bond motifs is 3. The zero-order valence-electron chi connectivity index (χ0n) is 33.6. The van der Waals surface area contributed by atoms with Gasteiger partial charge in [-0.15, -0.1) is 0 Å². The van der Waals surface area contributed by atoms with Crippen LogP contribution >= 0.6 is 0 Å². The van der Waals surface area contributed by atoms with Gasteiger partial charge in [-0.05, 0) is 77.6 Å². The number of methoxy groups -OCH3 is 1. The van der Waals surface area contributed by atoms with Crippen LogP contribution in [0.2, 0.25) is 0 Å². The number of hydrogen-bond donors (Lipinski definition) is 0. The van der Waals surface area contributed by atoms with Crippen LogP contribution in [0.5, 0.6) is 5.75 Å². The van der Waals surface area contributed by atoms with E-state index in [0.29, 0.717) is 18.4 Å². The molecule has 3 aliphatic rings. The molecule has 8 heteroatoms. The van der Waals surface area contributed by atoms with Crippen molar-refractivity contribution in [3.05, 3.63) is 184 Å². The first-order chi connectivity index (χ1) is 28.5. The molecule has 0 bridgehead atoms. The van der Waals surface area contributed by atoms with Gasteiger partial charge in [-0.1, -0.05) is 127 Å². The molecule has 1 saturated heterocycles. The van der Waals surface area contributed by atoms with E-state index in [2.05, 4.69) is 143 Å². The minimum Gasteiger partial charge on any atom is -0.609 e. The second-order valence-electron chi connectivity index (χ2n) is 16.2. The first-order valence-electron chi connectivity index (χ1n) is 20.7. The van der Waals surface area contributed by atoms with Gasteiger partial charge in [-0.2, -0.15) is 9.97 Å². The molecule has 0 saturated carbocycles. The maximum atomic E-state index is 13.3. The first-order valence-corrected chi connectivity index (χ1v) is 22.2. The van der Waals surface area contributed by atoms with Gasteiger partial charge in [0.1, 0.15) is 24.4 Å². The highest BCUT2D eigenvalue weighted by atomic mass is 32.2. The summed E-state index contributed by atoms with van der Waals surface area (Å²) in [5.41, 5.74) is 9.28. The third kappa shape index (κ3) is 7.21. The molecule has 3 atom stereocenters. The molecule has 0 N–H and O–H groups in total. The van der Waals surface area contributed by atoms with E-state index in [1.165, 1.54) is 33.4 Å². The van der Waals surface area contributed by atoms with Gasteiger partial charge in [0.05, 0.1) is 23.9 Å². The van der Waals surface area contributed by atoms with E-state index in [4.69, 9.17) is 19.4 Å². The lowest BCUT2D eigenvalue weighted by Crippen LogP contribution is -2.62. The number of anilines is 1. The average molecular weight is 789 g/mol. The lowest BCUT2D eigenvalue weighted by Gasteiger charge is -2.52. The van der Waals surface area contributed by atoms with Crippen LogP contribution in [0.4, 0.5) is 5.82 Å². The van der Waals surface area contributed by atoms with Crippen molar-refractivity contribution in [2.24, 2.45) is 0 Å². The number of nitrogens with zero attached hydrogens (tertiary/aromatic N) is 4. The van der Waals surface area contributed by atoms with Crippen LogP contribution < -0.4 is 9.64 Å². The summed E-state index contributed by atoms with van der Waals surface area (Å²) in [5, 5.41) is 0.410. The first kappa shape index (κ1) is 38.5. The highest BCUT2D eigenvalue weighted by molar-refractivity contribution is 7.90. The average Bonchev–Trinajstić information content (AvgIpc) is 3.27. The van der Waals surface area contributed by atoms with E-state index in [9.17, 15) is 4.55 Å². The van der Waals surface area contributed by atoms with Crippen molar-refractivity contribution in [1.29, 1.82) is 0 Å². The fourth-order valence-corrected chi connectivity index (χ4v) is 10.6. The smallest absolute Gasteiger partial charge is 0.344 e. The van der Waals surface area contributed by atoms with Crippen LogP contribution in [0.25, 0.3) is 0 Å². The Hall–Kier alpha value is -4.99. The Labute approximate surface area is 346 Å². The van der Waals surface area contributed by atoms with Crippen molar-refractivity contribution in [2.45, 2.75) is 67.3 Å². The molecule has 1 aliphatic heterocycles. The molecule has 6 aromatic rings. The predicted molar refractivity (Wildman–Crippen MR) is 232 cm³/mol. The summed E-state index contributed by atoms with van der Waals surface area (Å²) < 4.78 is 25.8. The number of benzene rings is 5. The van der Waals surface area contributed by atoms with Crippen molar-refractivity contribution >= 4 is 17.0 Å². The fraction of sp³-hybridized carbons (Fsp3) is 0.320. The van der Waals surface area contributed by atoms with Crippen LogP contribution in [0.3, 0.4) is 0 Å². The Morgan fingerprint density at radius 3 is 2.03 bits per heavy atom. The minimum absolute atomic E-state index is 0.0120. The molecule has 1 fully saturated rings. The maximum absolute atomic E-state index is 13.3. The third-order valence-electron chi connectivity index (χ3n) is 12.8. The Kier molecular flexibility index (Phi) is 11.1. The van der Waals surface area contributed by atoms with Crippen LogP contribution in [0, 0.1) is 0 Å². The summed E-state index contributed by atoms with van der Waals surface area (Å²) in [7, 11) is 1.79. The van der Waals surface area contributed by atoms with Gasteiger partial charge in [0.15, 0.2) is 0 Å². The van der Waals surface area contributed by atoms with Gasteiger partial charge < -0.3 is 18.9 Å². The molecule has 0 amide bonds. The van der Waals surface area contributed by atoms with E-state index < -0.39 is 16.7 Å². The lowest BCUT2D eigenvalue weighted by atomic mass is 9.62. The van der Waals surface area contributed by atoms with E-state index in [0.717, 1.165) is 81.0 Å². The molecule has 7 nitrogen and oxygen atoms in total. The van der Waals surface area contributed by atoms with Gasteiger partial charge in [0, 0.05) is 55.3 Å². The SMILES string of the molecule is COC[C@H]1CN(C(c2ccccc2)(c2ccccc2)c2ccccc2)CCN1c1nc([S+](C)[O-])nc2c1CCC1(CCCc3ccc(OCc4ccccc4)cc31)C2. The van der Waals surface area contributed by atoms with Crippen molar-refractivity contribution in [3.63, 3.8) is 0 Å². The Balaban J connectivity index is 1.08. The van der Waals surface area contributed by atoms with E-state index in [1.54, 1.807) is 13.4 Å². The van der Waals surface area contributed by atoms with Crippen LogP contribution in [0.1, 0.15) is 63.9 Å². The molecular formula is C50H52N4O3S. The zero-order valence-corrected chi connectivity index (χ0v) is 34.4. The van der Waals surface area contributed by atoms with Crippen molar-refractivity contribution in [2.75, 3.05) is 44.5 Å². The summed E-state index contributed by atoms with van der Waals surface area (Å²) in [5.74, 6) is 1.83. The number of piperazine rings is 1. The summed E-state index contributed by atoms with van der Waals surface area (Å²) >= 11 is -1.35. The Morgan fingerprint density at radius 1 is 0.776 bits per heavy atom. The van der Waals surface area contributed by atoms with Gasteiger partial charge >= 0.3 is 5.16 Å². The van der Waals surface area contributed by atoms with Crippen LogP contribution in [0.15, 0.2) is 145 Å². The number of aryl methyl sites for hydroxylation is 1. The molecule has 296 valence electrons. The quantitative estimate of drug-likeness (QED) is 0.0740. The van der Waals surface area contributed by atoms with E-state index in [-0.39, 0.29) is 11.5 Å². The van der Waals surface area contributed by atoms with Gasteiger partial charge in [0.2, 0.25) is 0 Å². The van der Waals surface area contributed by atoms with E-state index in [1.807, 2.05) is 6.07 Å². The summed E-state index contributed by atoms with van der Waals surface area (Å²) in [6.07, 6.45) is 7.67. The Bertz CT molecular complexity index is 2210. The molecule has 2 unspecified atom stereocenters. The van der Waals surface area contributed by atoms with Crippen molar-refractivity contribution < 1.29 is 14.0 Å². The fourth-order valence-electron chi connectivity index (χ4n) is 10.2. The molecule has 5 aromatic carbocycles. The highest BCUT2D eigenvalue weighted by Crippen LogP contribution is 2.49. The van der Waals surface area contributed by atoms with Crippen molar-refractivity contribution in [1.82, 2.24) is 14.9 Å². The van der Waals surface area contributed by atoms with Gasteiger partial charge in [-0.25, -0.2) is 0 Å².